The molecule has 6 heteroatoms. The normalized spacial score (nSPS) is 12.4. The second kappa shape index (κ2) is 13.5. The molecule has 0 atom stereocenters. The van der Waals surface area contributed by atoms with Crippen LogP contribution in [0, 0.1) is 0 Å². The number of carbonyl (C=O) groups is 2. The average molecular weight is 647 g/mol. The Balaban J connectivity index is 1.23. The zero-order valence-electron chi connectivity index (χ0n) is 27.2. The van der Waals surface area contributed by atoms with Crippen molar-refractivity contribution in [3.05, 3.63) is 179 Å². The van der Waals surface area contributed by atoms with E-state index in [-0.39, 0.29) is 11.9 Å². The summed E-state index contributed by atoms with van der Waals surface area (Å²) in [6.45, 7) is 4.22. The lowest BCUT2D eigenvalue weighted by Crippen LogP contribution is -2.28. The molecule has 6 aromatic rings. The molecule has 0 N–H and O–H groups in total. The predicted molar refractivity (Wildman–Crippen MR) is 189 cm³/mol. The van der Waals surface area contributed by atoms with Gasteiger partial charge in [0, 0.05) is 0 Å². The molecule has 0 heterocycles. The first kappa shape index (κ1) is 31.5. The Labute approximate surface area is 285 Å². The summed E-state index contributed by atoms with van der Waals surface area (Å²) in [4.78, 5) is 24.1. The van der Waals surface area contributed by atoms with Crippen LogP contribution in [0.2, 0.25) is 0 Å². The van der Waals surface area contributed by atoms with Crippen LogP contribution in [0.4, 0.5) is 0 Å². The molecule has 1 aliphatic rings. The second-order valence-electron chi connectivity index (χ2n) is 11.6. The van der Waals surface area contributed by atoms with Gasteiger partial charge in [-0.15, -0.1) is 0 Å². The standard InChI is InChI=1S/C43H34O6/c1-3-46-41(44)29-13-21-33(22-14-29)48-35-25-17-31(18-26-35)43(39-11-7-5-9-37(39)38-10-6-8-12-40(38)43)32-19-27-36(28-20-32)49-34-23-15-30(16-24-34)42(45)47-4-2/h5-28H,3-4H2,1-2H3. The molecule has 0 radical (unpaired) electrons. The Hall–Kier alpha value is -6.14. The lowest BCUT2D eigenvalue weighted by atomic mass is 9.68. The van der Waals surface area contributed by atoms with E-state index in [9.17, 15) is 9.59 Å². The number of carbonyl (C=O) groups excluding carboxylic acids is 2. The van der Waals surface area contributed by atoms with Crippen LogP contribution in [0.3, 0.4) is 0 Å². The zero-order valence-corrected chi connectivity index (χ0v) is 27.2. The van der Waals surface area contributed by atoms with Gasteiger partial charge in [-0.25, -0.2) is 9.59 Å². The van der Waals surface area contributed by atoms with Crippen LogP contribution in [0.25, 0.3) is 11.1 Å². The van der Waals surface area contributed by atoms with Gasteiger partial charge in [-0.1, -0.05) is 72.8 Å². The monoisotopic (exact) mass is 646 g/mol. The van der Waals surface area contributed by atoms with Crippen LogP contribution in [0.15, 0.2) is 146 Å². The van der Waals surface area contributed by atoms with Crippen LogP contribution < -0.4 is 9.47 Å². The van der Waals surface area contributed by atoms with Gasteiger partial charge in [-0.2, -0.15) is 0 Å². The van der Waals surface area contributed by atoms with Crippen molar-refractivity contribution in [3.8, 4) is 34.1 Å². The highest BCUT2D eigenvalue weighted by atomic mass is 16.5. The van der Waals surface area contributed by atoms with Gasteiger partial charge in [-0.05, 0) is 120 Å². The molecule has 6 aromatic carbocycles. The summed E-state index contributed by atoms with van der Waals surface area (Å²) in [5.41, 5.74) is 7.35. The van der Waals surface area contributed by atoms with Crippen LogP contribution in [-0.2, 0) is 14.9 Å². The maximum Gasteiger partial charge on any atom is 0.338 e. The van der Waals surface area contributed by atoms with Crippen molar-refractivity contribution in [3.63, 3.8) is 0 Å². The summed E-state index contributed by atoms with van der Waals surface area (Å²) in [5.74, 6) is 1.90. The molecule has 0 saturated carbocycles. The van der Waals surface area contributed by atoms with Crippen molar-refractivity contribution in [2.75, 3.05) is 13.2 Å². The Bertz CT molecular complexity index is 1940. The van der Waals surface area contributed by atoms with Crippen LogP contribution >= 0.6 is 0 Å². The van der Waals surface area contributed by atoms with Gasteiger partial charge in [-0.3, -0.25) is 0 Å². The first-order valence-corrected chi connectivity index (χ1v) is 16.3. The maximum absolute atomic E-state index is 12.1. The predicted octanol–water partition coefficient (Wildman–Crippen LogP) is 9.99. The minimum atomic E-state index is -0.590. The lowest BCUT2D eigenvalue weighted by Gasteiger charge is -2.34. The van der Waals surface area contributed by atoms with E-state index in [1.165, 1.54) is 22.3 Å². The molecular weight excluding hydrogens is 612 g/mol. The third-order valence-corrected chi connectivity index (χ3v) is 8.73. The third kappa shape index (κ3) is 5.93. The van der Waals surface area contributed by atoms with E-state index in [1.807, 2.05) is 24.3 Å². The summed E-state index contributed by atoms with van der Waals surface area (Å²) in [6.07, 6.45) is 0. The number of ether oxygens (including phenoxy) is 4. The fourth-order valence-electron chi connectivity index (χ4n) is 6.59. The van der Waals surface area contributed by atoms with E-state index in [1.54, 1.807) is 62.4 Å². The lowest BCUT2D eigenvalue weighted by molar-refractivity contribution is 0.0516. The molecular formula is C43H34O6. The van der Waals surface area contributed by atoms with E-state index in [0.29, 0.717) is 47.3 Å². The van der Waals surface area contributed by atoms with Crippen molar-refractivity contribution >= 4 is 11.9 Å². The number of esters is 2. The summed E-state index contributed by atoms with van der Waals surface area (Å²) in [6, 6.07) is 47.4. The van der Waals surface area contributed by atoms with E-state index >= 15 is 0 Å². The van der Waals surface area contributed by atoms with E-state index < -0.39 is 5.41 Å². The fourth-order valence-corrected chi connectivity index (χ4v) is 6.59. The van der Waals surface area contributed by atoms with Gasteiger partial charge in [0.2, 0.25) is 0 Å². The van der Waals surface area contributed by atoms with Gasteiger partial charge < -0.3 is 18.9 Å². The van der Waals surface area contributed by atoms with Crippen LogP contribution in [0.1, 0.15) is 56.8 Å². The Morgan fingerprint density at radius 1 is 0.449 bits per heavy atom. The highest BCUT2D eigenvalue weighted by molar-refractivity contribution is 5.90. The zero-order chi connectivity index (χ0) is 33.8. The number of fused-ring (bicyclic) bond motifs is 3. The number of hydrogen-bond acceptors (Lipinski definition) is 6. The van der Waals surface area contributed by atoms with Gasteiger partial charge in [0.05, 0.1) is 29.8 Å². The molecule has 1 aliphatic carbocycles. The summed E-state index contributed by atoms with van der Waals surface area (Å²) in [7, 11) is 0. The molecule has 0 fully saturated rings. The molecule has 0 aliphatic heterocycles. The quantitative estimate of drug-likeness (QED) is 0.138. The van der Waals surface area contributed by atoms with Crippen LogP contribution in [0.5, 0.6) is 23.0 Å². The highest BCUT2D eigenvalue weighted by Gasteiger charge is 2.45. The molecule has 0 spiro atoms. The molecule has 242 valence electrons. The summed E-state index contributed by atoms with van der Waals surface area (Å²) in [5, 5.41) is 0. The van der Waals surface area contributed by atoms with Gasteiger partial charge in [0.25, 0.3) is 0 Å². The molecule has 0 bridgehead atoms. The minimum Gasteiger partial charge on any atom is -0.462 e. The topological polar surface area (TPSA) is 71.1 Å². The first-order chi connectivity index (χ1) is 24.0. The Morgan fingerprint density at radius 2 is 0.776 bits per heavy atom. The number of hydrogen-bond donors (Lipinski definition) is 0. The van der Waals surface area contributed by atoms with Crippen molar-refractivity contribution in [1.29, 1.82) is 0 Å². The maximum atomic E-state index is 12.1. The van der Waals surface area contributed by atoms with E-state index in [0.717, 1.165) is 11.1 Å². The Kier molecular flexibility index (Phi) is 8.69. The van der Waals surface area contributed by atoms with Gasteiger partial charge in [0.1, 0.15) is 23.0 Å². The smallest absolute Gasteiger partial charge is 0.338 e. The second-order valence-corrected chi connectivity index (χ2v) is 11.6. The summed E-state index contributed by atoms with van der Waals surface area (Å²) >= 11 is 0. The van der Waals surface area contributed by atoms with Gasteiger partial charge >= 0.3 is 11.9 Å². The minimum absolute atomic E-state index is 0.325. The molecule has 0 unspecified atom stereocenters. The SMILES string of the molecule is CCOC(=O)c1ccc(Oc2ccc(C3(c4ccc(Oc5ccc(C(=O)OCC)cc5)cc4)c4ccccc4-c4ccccc43)cc2)cc1. The average Bonchev–Trinajstić information content (AvgIpc) is 3.44. The molecule has 0 amide bonds. The largest absolute Gasteiger partial charge is 0.462 e. The molecule has 0 aromatic heterocycles. The van der Waals surface area contributed by atoms with Crippen molar-refractivity contribution < 1.29 is 28.5 Å². The first-order valence-electron chi connectivity index (χ1n) is 16.3. The highest BCUT2D eigenvalue weighted by Crippen LogP contribution is 2.56. The molecule has 0 saturated heterocycles. The van der Waals surface area contributed by atoms with Crippen molar-refractivity contribution in [2.45, 2.75) is 19.3 Å². The Morgan fingerprint density at radius 3 is 1.12 bits per heavy atom. The van der Waals surface area contributed by atoms with Crippen molar-refractivity contribution in [1.82, 2.24) is 0 Å². The van der Waals surface area contributed by atoms with Gasteiger partial charge in [0.15, 0.2) is 0 Å². The van der Waals surface area contributed by atoms with E-state index in [4.69, 9.17) is 18.9 Å². The molecule has 7 rings (SSSR count). The molecule has 49 heavy (non-hydrogen) atoms. The van der Waals surface area contributed by atoms with Crippen LogP contribution in [-0.4, -0.2) is 25.2 Å². The third-order valence-electron chi connectivity index (χ3n) is 8.73. The van der Waals surface area contributed by atoms with E-state index in [2.05, 4.69) is 72.8 Å². The fraction of sp³-hybridized carbons (Fsp3) is 0.116. The number of rotatable bonds is 10. The van der Waals surface area contributed by atoms with Crippen molar-refractivity contribution in [2.24, 2.45) is 0 Å². The molecule has 6 nitrogen and oxygen atoms in total. The number of benzene rings is 6. The summed E-state index contributed by atoms with van der Waals surface area (Å²) < 4.78 is 22.5.